The molecule has 0 bridgehead atoms. The summed E-state index contributed by atoms with van der Waals surface area (Å²) in [6, 6.07) is 2.83. The third kappa shape index (κ3) is 2.00. The second-order valence-electron chi connectivity index (χ2n) is 3.67. The lowest BCUT2D eigenvalue weighted by Crippen LogP contribution is -2.11. The maximum atomic E-state index is 11.5. The van der Waals surface area contributed by atoms with Crippen molar-refractivity contribution in [2.24, 2.45) is 0 Å². The number of benzene rings is 1. The van der Waals surface area contributed by atoms with Crippen molar-refractivity contribution in [1.29, 1.82) is 0 Å². The molecule has 94 valence electrons. The molecule has 0 aliphatic rings. The van der Waals surface area contributed by atoms with E-state index in [1.54, 1.807) is 6.07 Å². The zero-order valence-electron chi connectivity index (χ0n) is 9.47. The number of aliphatic carboxylic acids is 1. The minimum atomic E-state index is -1.18. The molecule has 2 aromatic rings. The Morgan fingerprint density at radius 1 is 1.44 bits per heavy atom. The molecule has 1 heterocycles. The zero-order chi connectivity index (χ0) is 13.3. The van der Waals surface area contributed by atoms with Gasteiger partial charge in [-0.15, -0.1) is 0 Å². The molecule has 6 heteroatoms. The zero-order valence-corrected chi connectivity index (χ0v) is 9.47. The van der Waals surface area contributed by atoms with E-state index >= 15 is 0 Å². The van der Waals surface area contributed by atoms with Gasteiger partial charge in [0.1, 0.15) is 22.6 Å². The van der Waals surface area contributed by atoms with Gasteiger partial charge < -0.3 is 19.4 Å². The molecule has 0 amide bonds. The molecule has 18 heavy (non-hydrogen) atoms. The van der Waals surface area contributed by atoms with E-state index in [-0.39, 0.29) is 17.1 Å². The average Bonchev–Trinajstić information content (AvgIpc) is 2.71. The van der Waals surface area contributed by atoms with Crippen LogP contribution in [0, 0.1) is 0 Å². The summed E-state index contributed by atoms with van der Waals surface area (Å²) in [5.41, 5.74) is 0.267. The number of furan rings is 1. The van der Waals surface area contributed by atoms with E-state index in [0.717, 1.165) is 0 Å². The lowest BCUT2D eigenvalue weighted by atomic mass is 10.1. The number of ketones is 1. The minimum Gasteiger partial charge on any atom is -0.507 e. The van der Waals surface area contributed by atoms with Crippen LogP contribution in [0.3, 0.4) is 0 Å². The van der Waals surface area contributed by atoms with Crippen molar-refractivity contribution < 1.29 is 29.0 Å². The van der Waals surface area contributed by atoms with Crippen molar-refractivity contribution in [1.82, 2.24) is 0 Å². The Hall–Kier alpha value is -2.50. The Morgan fingerprint density at radius 2 is 2.17 bits per heavy atom. The lowest BCUT2D eigenvalue weighted by molar-refractivity contribution is -0.139. The average molecular weight is 250 g/mol. The van der Waals surface area contributed by atoms with Gasteiger partial charge in [0.05, 0.1) is 11.6 Å². The van der Waals surface area contributed by atoms with Gasteiger partial charge in [0.2, 0.25) is 0 Å². The van der Waals surface area contributed by atoms with Crippen LogP contribution in [0.1, 0.15) is 17.3 Å². The summed E-state index contributed by atoms with van der Waals surface area (Å²) in [6.07, 6.45) is 1.36. The van der Waals surface area contributed by atoms with Crippen LogP contribution < -0.4 is 4.74 Å². The normalized spacial score (nSPS) is 10.5. The number of hydrogen-bond acceptors (Lipinski definition) is 5. The van der Waals surface area contributed by atoms with Crippen LogP contribution in [-0.2, 0) is 4.79 Å². The summed E-state index contributed by atoms with van der Waals surface area (Å²) in [4.78, 5) is 22.0. The van der Waals surface area contributed by atoms with E-state index in [1.165, 1.54) is 19.3 Å². The fraction of sp³-hybridized carbons (Fsp3) is 0.167. The first-order valence-corrected chi connectivity index (χ1v) is 5.09. The second kappa shape index (κ2) is 4.40. The molecule has 2 rings (SSSR count). The van der Waals surface area contributed by atoms with Crippen LogP contribution in [0.15, 0.2) is 22.8 Å². The van der Waals surface area contributed by atoms with E-state index in [4.69, 9.17) is 14.3 Å². The molecule has 6 nitrogen and oxygen atoms in total. The number of aromatic hydroxyl groups is 1. The van der Waals surface area contributed by atoms with Gasteiger partial charge in [0.15, 0.2) is 12.4 Å². The first-order valence-electron chi connectivity index (χ1n) is 5.09. The molecule has 2 N–H and O–H groups in total. The molecular weight excluding hydrogens is 240 g/mol. The smallest absolute Gasteiger partial charge is 0.341 e. The summed E-state index contributed by atoms with van der Waals surface area (Å²) < 4.78 is 10.2. The lowest BCUT2D eigenvalue weighted by Gasteiger charge is -2.10. The number of fused-ring (bicyclic) bond motifs is 1. The minimum absolute atomic E-state index is 0.0219. The Labute approximate surface area is 101 Å². The monoisotopic (exact) mass is 250 g/mol. The van der Waals surface area contributed by atoms with Crippen LogP contribution in [0.4, 0.5) is 0 Å². The fourth-order valence-electron chi connectivity index (χ4n) is 1.69. The number of ether oxygens (including phenoxy) is 1. The van der Waals surface area contributed by atoms with Crippen molar-refractivity contribution in [3.63, 3.8) is 0 Å². The molecule has 0 fully saturated rings. The summed E-state index contributed by atoms with van der Waals surface area (Å²) >= 11 is 0. The largest absolute Gasteiger partial charge is 0.507 e. The quantitative estimate of drug-likeness (QED) is 0.803. The number of phenols is 1. The molecule has 0 radical (unpaired) electrons. The van der Waals surface area contributed by atoms with E-state index in [2.05, 4.69) is 0 Å². The highest BCUT2D eigenvalue weighted by atomic mass is 16.5. The van der Waals surface area contributed by atoms with Crippen molar-refractivity contribution in [2.75, 3.05) is 6.61 Å². The maximum absolute atomic E-state index is 11.5. The number of carboxylic acid groups (broad SMARTS) is 1. The number of Topliss-reactive ketones (excluding diaryl/α,β-unsaturated/α-hetero) is 1. The van der Waals surface area contributed by atoms with Crippen LogP contribution in [0.5, 0.6) is 11.5 Å². The summed E-state index contributed by atoms with van der Waals surface area (Å²) in [7, 11) is 0. The van der Waals surface area contributed by atoms with Crippen LogP contribution >= 0.6 is 0 Å². The molecule has 0 unspecified atom stereocenters. The number of carboxylic acids is 1. The fourth-order valence-corrected chi connectivity index (χ4v) is 1.69. The van der Waals surface area contributed by atoms with Gasteiger partial charge in [-0.25, -0.2) is 4.79 Å². The molecule has 1 aromatic heterocycles. The van der Waals surface area contributed by atoms with E-state index < -0.39 is 18.4 Å². The van der Waals surface area contributed by atoms with Gasteiger partial charge in [0, 0.05) is 6.07 Å². The van der Waals surface area contributed by atoms with Gasteiger partial charge in [-0.3, -0.25) is 4.79 Å². The Kier molecular flexibility index (Phi) is 2.93. The van der Waals surface area contributed by atoms with Crippen molar-refractivity contribution >= 4 is 22.7 Å². The first-order chi connectivity index (χ1) is 8.50. The molecule has 1 aromatic carbocycles. The molecule has 0 aliphatic carbocycles. The summed E-state index contributed by atoms with van der Waals surface area (Å²) in [5.74, 6) is -1.88. The number of rotatable bonds is 4. The van der Waals surface area contributed by atoms with Crippen molar-refractivity contribution in [3.05, 3.63) is 24.0 Å². The highest BCUT2D eigenvalue weighted by Gasteiger charge is 2.20. The van der Waals surface area contributed by atoms with Crippen LogP contribution in [0.25, 0.3) is 11.0 Å². The topological polar surface area (TPSA) is 97.0 Å². The molecule has 0 saturated heterocycles. The Morgan fingerprint density at radius 3 is 2.78 bits per heavy atom. The van der Waals surface area contributed by atoms with Crippen molar-refractivity contribution in [2.45, 2.75) is 6.92 Å². The van der Waals surface area contributed by atoms with Crippen molar-refractivity contribution in [3.8, 4) is 11.5 Å². The highest BCUT2D eigenvalue weighted by molar-refractivity contribution is 6.05. The molecular formula is C12H10O6. The van der Waals surface area contributed by atoms with Gasteiger partial charge in [-0.2, -0.15) is 0 Å². The predicted molar refractivity (Wildman–Crippen MR) is 61.0 cm³/mol. The molecule has 0 atom stereocenters. The van der Waals surface area contributed by atoms with Gasteiger partial charge in [-0.05, 0) is 13.0 Å². The first kappa shape index (κ1) is 12.0. The number of phenolic OH excluding ortho intramolecular Hbond substituents is 1. The van der Waals surface area contributed by atoms with Crippen LogP contribution in [0.2, 0.25) is 0 Å². The van der Waals surface area contributed by atoms with Gasteiger partial charge >= 0.3 is 5.97 Å². The number of carbonyl (C=O) groups is 2. The summed E-state index contributed by atoms with van der Waals surface area (Å²) in [5, 5.41) is 18.8. The Balaban J connectivity index is 2.63. The maximum Gasteiger partial charge on any atom is 0.341 e. The van der Waals surface area contributed by atoms with E-state index in [0.29, 0.717) is 11.0 Å². The van der Waals surface area contributed by atoms with Gasteiger partial charge in [0.25, 0.3) is 0 Å². The van der Waals surface area contributed by atoms with Gasteiger partial charge in [-0.1, -0.05) is 0 Å². The van der Waals surface area contributed by atoms with Crippen LogP contribution in [-0.4, -0.2) is 28.6 Å². The summed E-state index contributed by atoms with van der Waals surface area (Å²) in [6.45, 7) is 0.651. The third-order valence-electron chi connectivity index (χ3n) is 2.38. The molecule has 0 aliphatic heterocycles. The van der Waals surface area contributed by atoms with E-state index in [1.807, 2.05) is 0 Å². The molecule has 0 spiro atoms. The number of hydrogen-bond donors (Lipinski definition) is 2. The highest BCUT2D eigenvalue weighted by Crippen LogP contribution is 2.37. The third-order valence-corrected chi connectivity index (χ3v) is 2.38. The second-order valence-corrected chi connectivity index (χ2v) is 3.67. The standard InChI is InChI=1S/C12H10O6/c1-6(13)11-8(14)4-9-7(2-3-17-9)12(11)18-5-10(15)16/h2-4,14H,5H2,1H3,(H,15,16). The predicted octanol–water partition coefficient (Wildman–Crippen LogP) is 1.80. The van der Waals surface area contributed by atoms with E-state index in [9.17, 15) is 14.7 Å². The number of carbonyl (C=O) groups excluding carboxylic acids is 1. The molecule has 0 saturated carbocycles. The SMILES string of the molecule is CC(=O)c1c(O)cc2occc2c1OCC(=O)O. The Bertz CT molecular complexity index is 625.